The minimum atomic E-state index is 0.563. The second-order valence-corrected chi connectivity index (χ2v) is 4.28. The average Bonchev–Trinajstić information content (AvgIpc) is 2.57. The van der Waals surface area contributed by atoms with Gasteiger partial charge in [0.25, 0.3) is 0 Å². The Kier molecular flexibility index (Phi) is 3.16. The molecule has 1 saturated carbocycles. The van der Waals surface area contributed by atoms with Crippen molar-refractivity contribution in [3.05, 3.63) is 24.8 Å². The molecule has 2 atom stereocenters. The van der Waals surface area contributed by atoms with Crippen molar-refractivity contribution in [1.29, 1.82) is 0 Å². The van der Waals surface area contributed by atoms with Crippen molar-refractivity contribution < 1.29 is 0 Å². The minimum Gasteiger partial charge on any atom is -0.358 e. The number of nitrogens with zero attached hydrogens (tertiary/aromatic N) is 1. The van der Waals surface area contributed by atoms with Gasteiger partial charge in [0.15, 0.2) is 5.11 Å². The van der Waals surface area contributed by atoms with Crippen LogP contribution in [0, 0.1) is 11.8 Å². The van der Waals surface area contributed by atoms with Gasteiger partial charge in [0.2, 0.25) is 0 Å². The number of thiocarbonyl (C=S) groups is 1. The van der Waals surface area contributed by atoms with Gasteiger partial charge in [-0.25, -0.2) is 0 Å². The average molecular weight is 221 g/mol. The van der Waals surface area contributed by atoms with Gasteiger partial charge in [-0.05, 0) is 31.0 Å². The summed E-state index contributed by atoms with van der Waals surface area (Å²) in [7, 11) is 0. The maximum absolute atomic E-state index is 5.03. The Bertz CT molecular complexity index is 333. The summed E-state index contributed by atoms with van der Waals surface area (Å²) in [4.78, 5) is 0. The maximum Gasteiger partial charge on any atom is 0.187 e. The second-order valence-electron chi connectivity index (χ2n) is 3.87. The Morgan fingerprint density at radius 2 is 2.60 bits per heavy atom. The predicted molar refractivity (Wildman–Crippen MR) is 66.7 cm³/mol. The van der Waals surface area contributed by atoms with Gasteiger partial charge in [-0.3, -0.25) is 5.43 Å². The lowest BCUT2D eigenvalue weighted by Crippen LogP contribution is -2.38. The molecule has 0 aromatic heterocycles. The van der Waals surface area contributed by atoms with Crippen molar-refractivity contribution in [2.45, 2.75) is 12.8 Å². The standard InChI is InChI=1S/C11H15N3S/c1-2-6-12-11(15)14-13-10-7-8-4-3-5-9(8)10/h2-3,5,8-9H,1,4,6-7H2,(H2,12,14,15)/b13-10-. The number of hydrazone groups is 1. The van der Waals surface area contributed by atoms with Crippen LogP contribution < -0.4 is 10.7 Å². The molecule has 15 heavy (non-hydrogen) atoms. The molecule has 0 aliphatic heterocycles. The van der Waals surface area contributed by atoms with Crippen LogP contribution in [-0.2, 0) is 0 Å². The second kappa shape index (κ2) is 4.57. The van der Waals surface area contributed by atoms with Crippen molar-refractivity contribution in [1.82, 2.24) is 10.7 Å². The van der Waals surface area contributed by atoms with Crippen molar-refractivity contribution >= 4 is 23.0 Å². The Morgan fingerprint density at radius 3 is 3.33 bits per heavy atom. The van der Waals surface area contributed by atoms with Gasteiger partial charge >= 0.3 is 0 Å². The maximum atomic E-state index is 5.03. The van der Waals surface area contributed by atoms with Gasteiger partial charge in [-0.15, -0.1) is 6.58 Å². The summed E-state index contributed by atoms with van der Waals surface area (Å²) in [5, 5.41) is 7.84. The molecule has 0 aromatic carbocycles. The van der Waals surface area contributed by atoms with Crippen LogP contribution in [0.2, 0.25) is 0 Å². The smallest absolute Gasteiger partial charge is 0.187 e. The van der Waals surface area contributed by atoms with E-state index in [2.05, 4.69) is 34.6 Å². The van der Waals surface area contributed by atoms with E-state index < -0.39 is 0 Å². The van der Waals surface area contributed by atoms with Gasteiger partial charge in [0.1, 0.15) is 0 Å². The van der Waals surface area contributed by atoms with Crippen molar-refractivity contribution in [2.24, 2.45) is 16.9 Å². The molecule has 2 unspecified atom stereocenters. The van der Waals surface area contributed by atoms with Gasteiger partial charge < -0.3 is 5.32 Å². The van der Waals surface area contributed by atoms with E-state index in [0.29, 0.717) is 17.6 Å². The molecule has 0 heterocycles. The Labute approximate surface area is 95.3 Å². The first-order valence-corrected chi connectivity index (χ1v) is 5.60. The largest absolute Gasteiger partial charge is 0.358 e. The zero-order valence-corrected chi connectivity index (χ0v) is 9.39. The number of hydrogen-bond donors (Lipinski definition) is 2. The third-order valence-electron chi connectivity index (χ3n) is 2.85. The molecule has 2 rings (SSSR count). The predicted octanol–water partition coefficient (Wildman–Crippen LogP) is 1.59. The molecular formula is C11H15N3S. The molecule has 2 aliphatic carbocycles. The summed E-state index contributed by atoms with van der Waals surface area (Å²) >= 11 is 5.03. The number of nitrogens with one attached hydrogen (secondary N) is 2. The molecular weight excluding hydrogens is 206 g/mol. The van der Waals surface area contributed by atoms with Crippen molar-refractivity contribution in [3.63, 3.8) is 0 Å². The van der Waals surface area contributed by atoms with E-state index in [0.717, 1.165) is 12.3 Å². The summed E-state index contributed by atoms with van der Waals surface area (Å²) in [6.07, 6.45) is 8.57. The lowest BCUT2D eigenvalue weighted by atomic mass is 9.74. The van der Waals surface area contributed by atoms with E-state index in [1.54, 1.807) is 6.08 Å². The summed E-state index contributed by atoms with van der Waals surface area (Å²) < 4.78 is 0. The molecule has 80 valence electrons. The van der Waals surface area contributed by atoms with Gasteiger partial charge in [-0.1, -0.05) is 18.2 Å². The molecule has 3 nitrogen and oxygen atoms in total. The van der Waals surface area contributed by atoms with Gasteiger partial charge in [0.05, 0.1) is 0 Å². The van der Waals surface area contributed by atoms with Gasteiger partial charge in [0, 0.05) is 18.2 Å². The number of rotatable bonds is 3. The minimum absolute atomic E-state index is 0.563. The summed E-state index contributed by atoms with van der Waals surface area (Å²) in [6.45, 7) is 4.27. The molecule has 0 amide bonds. The highest BCUT2D eigenvalue weighted by molar-refractivity contribution is 7.80. The van der Waals surface area contributed by atoms with E-state index in [9.17, 15) is 0 Å². The van der Waals surface area contributed by atoms with Crippen LogP contribution in [-0.4, -0.2) is 17.4 Å². The van der Waals surface area contributed by atoms with E-state index in [1.807, 2.05) is 0 Å². The monoisotopic (exact) mass is 221 g/mol. The van der Waals surface area contributed by atoms with E-state index in [1.165, 1.54) is 12.1 Å². The molecule has 4 heteroatoms. The lowest BCUT2D eigenvalue weighted by Gasteiger charge is -2.31. The first kappa shape index (κ1) is 10.4. The van der Waals surface area contributed by atoms with Crippen LogP contribution >= 0.6 is 12.2 Å². The van der Waals surface area contributed by atoms with E-state index in [-0.39, 0.29) is 0 Å². The van der Waals surface area contributed by atoms with Crippen LogP contribution in [0.4, 0.5) is 0 Å². The fourth-order valence-electron chi connectivity index (χ4n) is 1.99. The number of hydrogen-bond acceptors (Lipinski definition) is 2. The van der Waals surface area contributed by atoms with Crippen LogP contribution in [0.3, 0.4) is 0 Å². The SMILES string of the molecule is C=CCNC(=S)N/N=C1/CC2CC=CC12. The third-order valence-corrected chi connectivity index (χ3v) is 3.09. The quantitative estimate of drug-likeness (QED) is 0.432. The molecule has 1 fully saturated rings. The molecule has 0 saturated heterocycles. The van der Waals surface area contributed by atoms with Crippen LogP contribution in [0.5, 0.6) is 0 Å². The van der Waals surface area contributed by atoms with Crippen molar-refractivity contribution in [3.8, 4) is 0 Å². The normalized spacial score (nSPS) is 29.5. The van der Waals surface area contributed by atoms with E-state index >= 15 is 0 Å². The molecule has 0 bridgehead atoms. The Balaban J connectivity index is 1.77. The lowest BCUT2D eigenvalue weighted by molar-refractivity contribution is 0.444. The van der Waals surface area contributed by atoms with Crippen LogP contribution in [0.15, 0.2) is 29.9 Å². The van der Waals surface area contributed by atoms with E-state index in [4.69, 9.17) is 12.2 Å². The first-order chi connectivity index (χ1) is 7.31. The first-order valence-electron chi connectivity index (χ1n) is 5.19. The fourth-order valence-corrected chi connectivity index (χ4v) is 2.12. The van der Waals surface area contributed by atoms with Crippen molar-refractivity contribution in [2.75, 3.05) is 6.54 Å². The van der Waals surface area contributed by atoms with Crippen LogP contribution in [0.1, 0.15) is 12.8 Å². The fraction of sp³-hybridized carbons (Fsp3) is 0.455. The summed E-state index contributed by atoms with van der Waals surface area (Å²) in [5.74, 6) is 1.37. The molecule has 2 aliphatic rings. The zero-order valence-electron chi connectivity index (χ0n) is 8.57. The molecule has 0 radical (unpaired) electrons. The molecule has 0 spiro atoms. The summed E-state index contributed by atoms with van der Waals surface area (Å²) in [5.41, 5.74) is 4.08. The summed E-state index contributed by atoms with van der Waals surface area (Å²) in [6, 6.07) is 0. The topological polar surface area (TPSA) is 36.4 Å². The highest BCUT2D eigenvalue weighted by Gasteiger charge is 2.37. The highest BCUT2D eigenvalue weighted by atomic mass is 32.1. The Morgan fingerprint density at radius 1 is 1.73 bits per heavy atom. The van der Waals surface area contributed by atoms with Gasteiger partial charge in [-0.2, -0.15) is 5.10 Å². The third kappa shape index (κ3) is 2.26. The molecule has 2 N–H and O–H groups in total. The Hall–Kier alpha value is -1.16. The number of allylic oxidation sites excluding steroid dienone is 2. The molecule has 0 aromatic rings. The highest BCUT2D eigenvalue weighted by Crippen LogP contribution is 2.39. The zero-order chi connectivity index (χ0) is 10.7. The van der Waals surface area contributed by atoms with Crippen LogP contribution in [0.25, 0.3) is 0 Å². The number of fused-ring (bicyclic) bond motifs is 1.